The van der Waals surface area contributed by atoms with Gasteiger partial charge in [-0.25, -0.2) is 19.9 Å². The van der Waals surface area contributed by atoms with Gasteiger partial charge in [-0.05, 0) is 241 Å². The quantitative estimate of drug-likeness (QED) is 0.0284. The standard InChI is InChI=1S/C124H146N8/c1-7-13-19-25-31-37-43-89-49-61-95(62-50-89)117-101-73-77-105(125-101)119(97-65-53-91(54-66-97)45-39-33-27-21-15-9-3)109-81-85-113(129-109)123(114-86-82-110(130-114)120(106-78-74-102(117)126-106)98-67-55-92(56-68-98)46-40-34-28-22-16-10-4)124-115-87-83-111(131-115)121(99-69-57-93(58-70-99)47-41-35-29-23-17-11-5)107-79-75-103(127-107)118(96-63-51-90(52-64-96)44-38-32-26-20-14-8-2)104-76-80-108(128-104)122(112-84-88-116(124)132-112)100-71-59-94(60-72-100)48-42-36-30-24-18-12-6/h49-88,125,127,130,132H,7-48H2,1-6H3. The number of hydrogen-bond donors (Lipinski definition) is 4. The van der Waals surface area contributed by atoms with E-state index in [0.29, 0.717) is 0 Å². The van der Waals surface area contributed by atoms with Crippen LogP contribution >= 0.6 is 0 Å². The fourth-order valence-electron chi connectivity index (χ4n) is 20.4. The van der Waals surface area contributed by atoms with E-state index in [9.17, 15) is 0 Å². The Morgan fingerprint density at radius 1 is 0.144 bits per heavy atom. The van der Waals surface area contributed by atoms with Crippen molar-refractivity contribution in [2.75, 3.05) is 0 Å². The molecule has 4 aliphatic heterocycles. The monoisotopic (exact) mass is 1750 g/mol. The van der Waals surface area contributed by atoms with Crippen LogP contribution in [0.1, 0.15) is 352 Å². The Morgan fingerprint density at radius 2 is 0.273 bits per heavy atom. The van der Waals surface area contributed by atoms with Crippen molar-refractivity contribution in [3.05, 3.63) is 273 Å². The highest BCUT2D eigenvalue weighted by Gasteiger charge is 2.26. The predicted octanol–water partition coefficient (Wildman–Crippen LogP) is 36.7. The maximum Gasteiger partial charge on any atom is 0.0738 e. The smallest absolute Gasteiger partial charge is 0.0738 e. The average Bonchev–Trinajstić information content (AvgIpc) is 1.52. The van der Waals surface area contributed by atoms with Crippen LogP contribution in [-0.4, -0.2) is 39.9 Å². The van der Waals surface area contributed by atoms with Crippen molar-refractivity contribution < 1.29 is 0 Å². The van der Waals surface area contributed by atoms with E-state index in [1.807, 2.05) is 0 Å². The molecule has 6 aromatic heterocycles. The zero-order valence-electron chi connectivity index (χ0n) is 80.6. The summed E-state index contributed by atoms with van der Waals surface area (Å²) >= 11 is 0. The molecule has 0 unspecified atom stereocenters. The van der Waals surface area contributed by atoms with E-state index < -0.39 is 0 Å². The van der Waals surface area contributed by atoms with Crippen molar-refractivity contribution in [2.45, 2.75) is 311 Å². The van der Waals surface area contributed by atoms with Crippen molar-refractivity contribution in [1.82, 2.24) is 39.9 Å². The van der Waals surface area contributed by atoms with Crippen molar-refractivity contribution in [3.63, 3.8) is 0 Å². The molecule has 0 amide bonds. The van der Waals surface area contributed by atoms with Gasteiger partial charge in [-0.15, -0.1) is 0 Å². The molecule has 4 N–H and O–H groups in total. The molecule has 0 aliphatic carbocycles. The van der Waals surface area contributed by atoms with Crippen LogP contribution in [0, 0.1) is 0 Å². The molecule has 0 atom stereocenters. The summed E-state index contributed by atoms with van der Waals surface area (Å²) in [6.45, 7) is 13.8. The van der Waals surface area contributed by atoms with Crippen LogP contribution in [0.25, 0.3) is 171 Å². The Morgan fingerprint density at radius 3 is 0.424 bits per heavy atom. The van der Waals surface area contributed by atoms with Gasteiger partial charge in [-0.3, -0.25) is 0 Å². The lowest BCUT2D eigenvalue weighted by molar-refractivity contribution is 0.607. The number of hydrogen-bond acceptors (Lipinski definition) is 4. The second-order valence-corrected chi connectivity index (χ2v) is 38.3. The first kappa shape index (κ1) is 93.7. The highest BCUT2D eigenvalue weighted by Crippen LogP contribution is 2.45. The number of fused-ring (bicyclic) bond motifs is 16. The molecule has 8 heteroatoms. The van der Waals surface area contributed by atoms with Gasteiger partial charge in [0.25, 0.3) is 0 Å². The minimum Gasteiger partial charge on any atom is -0.354 e. The number of rotatable bonds is 49. The highest BCUT2D eigenvalue weighted by molar-refractivity contribution is 6.06. The van der Waals surface area contributed by atoms with Crippen LogP contribution < -0.4 is 0 Å². The first-order valence-corrected chi connectivity index (χ1v) is 52.1. The van der Waals surface area contributed by atoms with Gasteiger partial charge in [0, 0.05) is 88.6 Å². The SMILES string of the molecule is CCCCCCCCc1ccc(-c2c3nc(c(-c4ccc(CCCCCCCC)cc4)c4ccc([nH]4)c(-c4c5nc(c(-c6ccc(CCCCCCCC)cc6)c6ccc([nH]6)c(-c6ccc(CCCCCCCC)cc6)c6nc(c(-c7ccc(CCCCCCCC)cc7)c7ccc4[nH]7)C=C6)C=C5)c4nc(c(-c5ccc(CCCCCCCC)cc5)c5ccc2[nH]5)C=C4)C=C3)cc1. The normalized spacial score (nSPS) is 12.3. The largest absolute Gasteiger partial charge is 0.354 e. The van der Waals surface area contributed by atoms with E-state index in [-0.39, 0.29) is 0 Å². The number of aryl methyl sites for hydroxylation is 6. The molecule has 12 aromatic rings. The van der Waals surface area contributed by atoms with Crippen LogP contribution in [0.15, 0.2) is 194 Å². The van der Waals surface area contributed by atoms with Crippen LogP contribution in [0.2, 0.25) is 0 Å². The second kappa shape index (κ2) is 48.3. The molecule has 682 valence electrons. The number of aromatic nitrogens is 8. The summed E-state index contributed by atoms with van der Waals surface area (Å²) in [5.74, 6) is 0. The molecule has 4 aliphatic rings. The van der Waals surface area contributed by atoms with Crippen LogP contribution in [0.5, 0.6) is 0 Å². The third kappa shape index (κ3) is 24.1. The van der Waals surface area contributed by atoms with Gasteiger partial charge in [0.05, 0.1) is 45.6 Å². The summed E-state index contributed by atoms with van der Waals surface area (Å²) in [7, 11) is 0. The number of benzene rings is 6. The molecule has 6 aromatic carbocycles. The van der Waals surface area contributed by atoms with Crippen molar-refractivity contribution >= 4 is 92.7 Å². The highest BCUT2D eigenvalue weighted by atomic mass is 14.8. The first-order valence-electron chi connectivity index (χ1n) is 52.1. The maximum atomic E-state index is 6.10. The van der Waals surface area contributed by atoms with Crippen molar-refractivity contribution in [2.24, 2.45) is 0 Å². The van der Waals surface area contributed by atoms with Crippen LogP contribution in [-0.2, 0) is 38.5 Å². The molecule has 8 nitrogen and oxygen atoms in total. The lowest BCUT2D eigenvalue weighted by Crippen LogP contribution is -1.93. The molecule has 0 saturated carbocycles. The molecular formula is C124H146N8. The summed E-state index contributed by atoms with van der Waals surface area (Å²) in [6, 6.07) is 74.8. The topological polar surface area (TPSA) is 115 Å². The molecule has 0 fully saturated rings. The van der Waals surface area contributed by atoms with Gasteiger partial charge >= 0.3 is 0 Å². The Kier molecular flexibility index (Phi) is 34.3. The molecule has 16 rings (SSSR count). The number of unbranched alkanes of at least 4 members (excludes halogenated alkanes) is 30. The molecule has 0 spiro atoms. The first-order chi connectivity index (χ1) is 65.2. The van der Waals surface area contributed by atoms with Crippen molar-refractivity contribution in [3.8, 4) is 77.9 Å². The molecule has 0 radical (unpaired) electrons. The molecule has 16 bridgehead atoms. The molecule has 0 saturated heterocycles. The predicted molar refractivity (Wildman–Crippen MR) is 572 cm³/mol. The molecular weight excluding hydrogens is 1600 g/mol. The summed E-state index contributed by atoms with van der Waals surface area (Å²) in [4.78, 5) is 40.8. The van der Waals surface area contributed by atoms with Gasteiger partial charge in [0.1, 0.15) is 0 Å². The average molecular weight is 1750 g/mol. The van der Waals surface area contributed by atoms with E-state index in [1.165, 1.54) is 265 Å². The van der Waals surface area contributed by atoms with E-state index in [0.717, 1.165) is 206 Å². The summed E-state index contributed by atoms with van der Waals surface area (Å²) in [5.41, 5.74) is 37.5. The minimum absolute atomic E-state index is 0.812. The zero-order chi connectivity index (χ0) is 90.4. The van der Waals surface area contributed by atoms with Gasteiger partial charge in [0.15, 0.2) is 0 Å². The molecule has 10 heterocycles. The summed E-state index contributed by atoms with van der Waals surface area (Å²) in [6.07, 6.45) is 70.0. The van der Waals surface area contributed by atoms with Crippen LogP contribution in [0.3, 0.4) is 0 Å². The van der Waals surface area contributed by atoms with Gasteiger partial charge in [-0.1, -0.05) is 380 Å². The zero-order valence-corrected chi connectivity index (χ0v) is 80.6. The van der Waals surface area contributed by atoms with Crippen LogP contribution in [0.4, 0.5) is 0 Å². The van der Waals surface area contributed by atoms with Gasteiger partial charge in [-0.2, -0.15) is 0 Å². The summed E-state index contributed by atoms with van der Waals surface area (Å²) in [5, 5.41) is 0. The van der Waals surface area contributed by atoms with Gasteiger partial charge < -0.3 is 19.9 Å². The maximum absolute atomic E-state index is 6.10. The number of aromatic amines is 4. The molecule has 132 heavy (non-hydrogen) atoms. The Hall–Kier alpha value is -11.5. The number of nitrogens with one attached hydrogen (secondary N) is 4. The van der Waals surface area contributed by atoms with E-state index >= 15 is 0 Å². The fourth-order valence-corrected chi connectivity index (χ4v) is 20.4. The lowest BCUT2D eigenvalue weighted by atomic mass is 9.99. The van der Waals surface area contributed by atoms with Gasteiger partial charge in [0.2, 0.25) is 0 Å². The number of nitrogens with zero attached hydrogens (tertiary/aromatic N) is 4. The number of H-pyrrole nitrogens is 4. The van der Waals surface area contributed by atoms with E-state index in [1.54, 1.807) is 0 Å². The Balaban J connectivity index is 0.958. The third-order valence-electron chi connectivity index (χ3n) is 28.1. The summed E-state index contributed by atoms with van der Waals surface area (Å²) < 4.78 is 0. The van der Waals surface area contributed by atoms with E-state index in [2.05, 4.69) is 304 Å². The Bertz CT molecular complexity index is 5750. The minimum atomic E-state index is 0.812. The van der Waals surface area contributed by atoms with E-state index in [4.69, 9.17) is 19.9 Å². The fraction of sp³-hybridized carbons (Fsp3) is 0.387. The Labute approximate surface area is 789 Å². The van der Waals surface area contributed by atoms with Crippen molar-refractivity contribution in [1.29, 1.82) is 0 Å². The second-order valence-electron chi connectivity index (χ2n) is 38.3. The third-order valence-corrected chi connectivity index (χ3v) is 28.1. The lowest BCUT2D eigenvalue weighted by Gasteiger charge is -2.10.